The fraction of sp³-hybridized carbons (Fsp3) is 0.222. The zero-order chi connectivity index (χ0) is 10.8. The van der Waals surface area contributed by atoms with Gasteiger partial charge in [0.25, 0.3) is 5.69 Å². The molecule has 1 aliphatic heterocycles. The molecule has 1 heterocycles. The zero-order valence-corrected chi connectivity index (χ0v) is 7.84. The molecule has 15 heavy (non-hydrogen) atoms. The first-order chi connectivity index (χ1) is 7.18. The van der Waals surface area contributed by atoms with E-state index in [2.05, 4.69) is 5.32 Å². The Hall–Kier alpha value is -2.11. The highest BCUT2D eigenvalue weighted by Gasteiger charge is 2.17. The maximum absolute atomic E-state index is 11.4. The smallest absolute Gasteiger partial charge is 0.272 e. The molecule has 1 aliphatic rings. The van der Waals surface area contributed by atoms with Crippen LogP contribution in [0.2, 0.25) is 0 Å². The molecule has 1 aromatic carbocycles. The molecule has 78 valence electrons. The van der Waals surface area contributed by atoms with Crippen molar-refractivity contribution in [1.29, 1.82) is 0 Å². The van der Waals surface area contributed by atoms with E-state index >= 15 is 0 Å². The van der Waals surface area contributed by atoms with Crippen LogP contribution in [-0.2, 0) is 0 Å². The molecular weight excluding hydrogens is 198 g/mol. The molecule has 0 saturated heterocycles. The summed E-state index contributed by atoms with van der Waals surface area (Å²) in [4.78, 5) is 10.1. The average Bonchev–Trinajstić information content (AvgIpc) is 2.40. The lowest BCUT2D eigenvalue weighted by atomic mass is 10.2. The minimum Gasteiger partial charge on any atom is -0.618 e. The first kappa shape index (κ1) is 9.45. The maximum Gasteiger partial charge on any atom is 0.272 e. The van der Waals surface area contributed by atoms with Crippen LogP contribution >= 0.6 is 0 Å². The van der Waals surface area contributed by atoms with Crippen molar-refractivity contribution in [1.82, 2.24) is 0 Å². The van der Waals surface area contributed by atoms with Gasteiger partial charge in [-0.15, -0.1) is 0 Å². The second-order valence-corrected chi connectivity index (χ2v) is 3.18. The lowest BCUT2D eigenvalue weighted by Crippen LogP contribution is -2.00. The summed E-state index contributed by atoms with van der Waals surface area (Å²) in [6.07, 6.45) is 2.11. The van der Waals surface area contributed by atoms with Crippen LogP contribution in [0.25, 0.3) is 0 Å². The van der Waals surface area contributed by atoms with Crippen molar-refractivity contribution in [2.75, 3.05) is 11.9 Å². The van der Waals surface area contributed by atoms with E-state index in [0.29, 0.717) is 24.3 Å². The second-order valence-electron chi connectivity index (χ2n) is 3.18. The van der Waals surface area contributed by atoms with Crippen molar-refractivity contribution in [2.24, 2.45) is 0 Å². The van der Waals surface area contributed by atoms with E-state index in [4.69, 9.17) is 0 Å². The average molecular weight is 207 g/mol. The number of benzene rings is 1. The van der Waals surface area contributed by atoms with Crippen LogP contribution in [0.15, 0.2) is 18.2 Å². The summed E-state index contributed by atoms with van der Waals surface area (Å²) in [5.41, 5.74) is 0.905. The van der Waals surface area contributed by atoms with Crippen molar-refractivity contribution in [2.45, 2.75) is 6.42 Å². The predicted octanol–water partition coefficient (Wildman–Crippen LogP) is 1.62. The molecule has 2 rings (SSSR count). The molecule has 0 saturated carbocycles. The molecule has 0 radical (unpaired) electrons. The summed E-state index contributed by atoms with van der Waals surface area (Å²) in [7, 11) is 0. The van der Waals surface area contributed by atoms with Crippen LogP contribution in [0.3, 0.4) is 0 Å². The minimum absolute atomic E-state index is 0.0171. The largest absolute Gasteiger partial charge is 0.618 e. The molecule has 0 aliphatic carbocycles. The van der Waals surface area contributed by atoms with Crippen LogP contribution in [-0.4, -0.2) is 22.4 Å². The fourth-order valence-electron chi connectivity index (χ4n) is 1.46. The molecule has 1 N–H and O–H groups in total. The number of hydrogen-bond acceptors (Lipinski definition) is 4. The molecule has 0 amide bonds. The first-order valence-corrected chi connectivity index (χ1v) is 4.50. The van der Waals surface area contributed by atoms with E-state index in [1.807, 2.05) is 0 Å². The van der Waals surface area contributed by atoms with Crippen molar-refractivity contribution >= 4 is 23.3 Å². The Kier molecular flexibility index (Phi) is 2.24. The standard InChI is InChI=1S/C9H9N3O3/c13-11-5-1-4-10-8-6-7(12(14)15)2-3-9(8)11/h2-3,5-6,10H,1,4H2. The van der Waals surface area contributed by atoms with Gasteiger partial charge in [0.05, 0.1) is 4.92 Å². The SMILES string of the molecule is O=[N+]([O-])c1ccc2c(c1)NCCC=[N+]2[O-]. The van der Waals surface area contributed by atoms with Gasteiger partial charge in [0, 0.05) is 31.2 Å². The number of anilines is 1. The minimum atomic E-state index is -0.480. The summed E-state index contributed by atoms with van der Waals surface area (Å²) < 4.78 is 0.735. The van der Waals surface area contributed by atoms with E-state index in [1.165, 1.54) is 24.4 Å². The third-order valence-corrected chi connectivity index (χ3v) is 2.18. The molecule has 0 aromatic heterocycles. The summed E-state index contributed by atoms with van der Waals surface area (Å²) >= 11 is 0. The highest BCUT2D eigenvalue weighted by molar-refractivity contribution is 5.70. The van der Waals surface area contributed by atoms with Crippen LogP contribution < -0.4 is 5.32 Å². The van der Waals surface area contributed by atoms with Crippen molar-refractivity contribution in [3.8, 4) is 0 Å². The van der Waals surface area contributed by atoms with Gasteiger partial charge in [0.2, 0.25) is 5.69 Å². The summed E-state index contributed by atoms with van der Waals surface area (Å²) in [5.74, 6) is 0. The van der Waals surface area contributed by atoms with Gasteiger partial charge in [0.15, 0.2) is 6.21 Å². The Bertz CT molecular complexity index is 442. The van der Waals surface area contributed by atoms with Gasteiger partial charge < -0.3 is 10.5 Å². The molecule has 0 fully saturated rings. The van der Waals surface area contributed by atoms with E-state index < -0.39 is 4.92 Å². The maximum atomic E-state index is 11.4. The number of rotatable bonds is 1. The molecule has 0 spiro atoms. The Morgan fingerprint density at radius 3 is 3.00 bits per heavy atom. The summed E-state index contributed by atoms with van der Waals surface area (Å²) in [6, 6.07) is 4.15. The molecule has 0 bridgehead atoms. The molecule has 6 heteroatoms. The highest BCUT2D eigenvalue weighted by Crippen LogP contribution is 2.29. The van der Waals surface area contributed by atoms with Crippen molar-refractivity contribution < 1.29 is 9.66 Å². The van der Waals surface area contributed by atoms with Gasteiger partial charge in [-0.2, -0.15) is 4.74 Å². The fourth-order valence-corrected chi connectivity index (χ4v) is 1.46. The Morgan fingerprint density at radius 1 is 1.47 bits per heavy atom. The zero-order valence-electron chi connectivity index (χ0n) is 7.84. The van der Waals surface area contributed by atoms with E-state index in [9.17, 15) is 15.3 Å². The lowest BCUT2D eigenvalue weighted by Gasteiger charge is -2.06. The van der Waals surface area contributed by atoms with Gasteiger partial charge in [-0.05, 0) is 0 Å². The molecule has 0 atom stereocenters. The normalized spacial score (nSPS) is 14.5. The molecule has 0 unspecified atom stereocenters. The van der Waals surface area contributed by atoms with Crippen LogP contribution in [0.4, 0.5) is 17.1 Å². The Balaban J connectivity index is 2.50. The van der Waals surface area contributed by atoms with Crippen LogP contribution in [0.5, 0.6) is 0 Å². The number of nitro benzene ring substituents is 1. The van der Waals surface area contributed by atoms with E-state index in [-0.39, 0.29) is 5.69 Å². The van der Waals surface area contributed by atoms with Crippen LogP contribution in [0.1, 0.15) is 6.42 Å². The second kappa shape index (κ2) is 3.56. The van der Waals surface area contributed by atoms with Gasteiger partial charge in [-0.1, -0.05) is 0 Å². The van der Waals surface area contributed by atoms with Crippen LogP contribution in [0, 0.1) is 15.3 Å². The van der Waals surface area contributed by atoms with E-state index in [1.54, 1.807) is 0 Å². The van der Waals surface area contributed by atoms with Gasteiger partial charge in [0.1, 0.15) is 5.69 Å². The summed E-state index contributed by atoms with van der Waals surface area (Å²) in [6.45, 7) is 0.604. The third-order valence-electron chi connectivity index (χ3n) is 2.18. The van der Waals surface area contributed by atoms with Gasteiger partial charge in [-0.3, -0.25) is 10.1 Å². The highest BCUT2D eigenvalue weighted by atomic mass is 16.6. The molecule has 1 aromatic rings. The van der Waals surface area contributed by atoms with Gasteiger partial charge >= 0.3 is 0 Å². The quantitative estimate of drug-likeness (QED) is 0.328. The third kappa shape index (κ3) is 1.74. The van der Waals surface area contributed by atoms with Gasteiger partial charge in [-0.25, -0.2) is 0 Å². The number of nitrogens with one attached hydrogen (secondary N) is 1. The summed E-state index contributed by atoms with van der Waals surface area (Å²) in [5, 5.41) is 24.9. The number of nitrogens with zero attached hydrogens (tertiary/aromatic N) is 2. The first-order valence-electron chi connectivity index (χ1n) is 4.50. The number of nitro groups is 1. The van der Waals surface area contributed by atoms with Crippen molar-refractivity contribution in [3.05, 3.63) is 33.5 Å². The number of non-ortho nitro benzene ring substituents is 1. The lowest BCUT2D eigenvalue weighted by molar-refractivity contribution is -0.385. The van der Waals surface area contributed by atoms with E-state index in [0.717, 1.165) is 4.74 Å². The Labute approximate surface area is 85.6 Å². The van der Waals surface area contributed by atoms with Crippen molar-refractivity contribution in [3.63, 3.8) is 0 Å². The molecule has 6 nitrogen and oxygen atoms in total. The Morgan fingerprint density at radius 2 is 2.27 bits per heavy atom. The topological polar surface area (TPSA) is 81.2 Å². The monoisotopic (exact) mass is 207 g/mol. The number of hydrogen-bond donors (Lipinski definition) is 1. The predicted molar refractivity (Wildman–Crippen MR) is 55.6 cm³/mol. The molecular formula is C9H9N3O3. The number of fused-ring (bicyclic) bond motifs is 1.